The topological polar surface area (TPSA) is 0 Å². The summed E-state index contributed by atoms with van der Waals surface area (Å²) < 4.78 is 12.7. The molecule has 0 amide bonds. The molecule has 0 fully saturated rings. The van der Waals surface area contributed by atoms with E-state index in [2.05, 4.69) is 13.8 Å². The Morgan fingerprint density at radius 1 is 1.07 bits per heavy atom. The minimum absolute atomic E-state index is 0.142. The largest absolute Gasteiger partial charge is 0.207 e. The van der Waals surface area contributed by atoms with Crippen LogP contribution in [0, 0.1) is 5.82 Å². The minimum atomic E-state index is -0.142. The summed E-state index contributed by atoms with van der Waals surface area (Å²) in [5.74, 6) is 0.416. The first kappa shape index (κ1) is 12.2. The van der Waals surface area contributed by atoms with E-state index in [1.165, 1.54) is 37.7 Å². The van der Waals surface area contributed by atoms with Crippen molar-refractivity contribution in [3.05, 3.63) is 35.6 Å². The van der Waals surface area contributed by atoms with E-state index in [4.69, 9.17) is 0 Å². The molecular weight excluding hydrogens is 187 g/mol. The monoisotopic (exact) mass is 208 g/mol. The van der Waals surface area contributed by atoms with Gasteiger partial charge in [-0.15, -0.1) is 0 Å². The second-order valence-electron chi connectivity index (χ2n) is 4.30. The first-order valence-corrected chi connectivity index (χ1v) is 5.99. The van der Waals surface area contributed by atoms with Gasteiger partial charge in [-0.2, -0.15) is 0 Å². The molecule has 0 nitrogen and oxygen atoms in total. The molecular formula is C14H21F. The van der Waals surface area contributed by atoms with Gasteiger partial charge in [0, 0.05) is 0 Å². The molecule has 1 unspecified atom stereocenters. The van der Waals surface area contributed by atoms with E-state index in [0.29, 0.717) is 5.92 Å². The van der Waals surface area contributed by atoms with Crippen molar-refractivity contribution in [2.45, 2.75) is 51.9 Å². The Hall–Kier alpha value is -0.850. The van der Waals surface area contributed by atoms with Gasteiger partial charge in [0.05, 0.1) is 0 Å². The van der Waals surface area contributed by atoms with Gasteiger partial charge >= 0.3 is 0 Å². The van der Waals surface area contributed by atoms with Gasteiger partial charge in [-0.1, -0.05) is 51.7 Å². The van der Waals surface area contributed by atoms with Gasteiger partial charge in [-0.05, 0) is 30.0 Å². The molecule has 0 aliphatic heterocycles. The molecule has 0 radical (unpaired) electrons. The van der Waals surface area contributed by atoms with Crippen LogP contribution in [0.5, 0.6) is 0 Å². The number of halogens is 1. The lowest BCUT2D eigenvalue weighted by Gasteiger charge is -2.11. The van der Waals surface area contributed by atoms with Crippen LogP contribution in [0.2, 0.25) is 0 Å². The molecule has 0 aliphatic rings. The molecule has 0 bridgehead atoms. The van der Waals surface area contributed by atoms with Crippen molar-refractivity contribution >= 4 is 0 Å². The molecule has 1 aromatic rings. The second-order valence-corrected chi connectivity index (χ2v) is 4.30. The van der Waals surface area contributed by atoms with Crippen molar-refractivity contribution in [3.8, 4) is 0 Å². The van der Waals surface area contributed by atoms with Gasteiger partial charge in [0.25, 0.3) is 0 Å². The Bertz CT molecular complexity index is 263. The fourth-order valence-electron chi connectivity index (χ4n) is 1.84. The van der Waals surface area contributed by atoms with Crippen molar-refractivity contribution in [2.24, 2.45) is 0 Å². The summed E-state index contributed by atoms with van der Waals surface area (Å²) in [7, 11) is 0. The molecule has 0 heterocycles. The molecule has 0 aliphatic carbocycles. The van der Waals surface area contributed by atoms with Gasteiger partial charge in [0.1, 0.15) is 5.82 Å². The number of hydrogen-bond donors (Lipinski definition) is 0. The van der Waals surface area contributed by atoms with Gasteiger partial charge in [-0.25, -0.2) is 4.39 Å². The lowest BCUT2D eigenvalue weighted by Crippen LogP contribution is -1.93. The minimum Gasteiger partial charge on any atom is -0.207 e. The summed E-state index contributed by atoms with van der Waals surface area (Å²) in [6.45, 7) is 4.45. The van der Waals surface area contributed by atoms with Crippen LogP contribution in [-0.4, -0.2) is 0 Å². The van der Waals surface area contributed by atoms with E-state index in [1.807, 2.05) is 12.1 Å². The fraction of sp³-hybridized carbons (Fsp3) is 0.571. The van der Waals surface area contributed by atoms with Crippen LogP contribution < -0.4 is 0 Å². The van der Waals surface area contributed by atoms with Crippen LogP contribution in [0.25, 0.3) is 0 Å². The third kappa shape index (κ3) is 4.46. The molecule has 15 heavy (non-hydrogen) atoms. The number of rotatable bonds is 6. The van der Waals surface area contributed by atoms with E-state index in [0.717, 1.165) is 0 Å². The SMILES string of the molecule is CCCCCCC(C)c1ccc(F)cc1. The summed E-state index contributed by atoms with van der Waals surface area (Å²) in [4.78, 5) is 0. The maximum Gasteiger partial charge on any atom is 0.123 e. The lowest BCUT2D eigenvalue weighted by atomic mass is 9.95. The number of unbranched alkanes of at least 4 members (excludes halogenated alkanes) is 3. The molecule has 84 valence electrons. The quantitative estimate of drug-likeness (QED) is 0.583. The number of benzene rings is 1. The summed E-state index contributed by atoms with van der Waals surface area (Å²) in [6.07, 6.45) is 6.43. The summed E-state index contributed by atoms with van der Waals surface area (Å²) in [5, 5.41) is 0. The smallest absolute Gasteiger partial charge is 0.123 e. The lowest BCUT2D eigenvalue weighted by molar-refractivity contribution is 0.577. The average molecular weight is 208 g/mol. The molecule has 0 spiro atoms. The van der Waals surface area contributed by atoms with Gasteiger partial charge in [0.15, 0.2) is 0 Å². The zero-order valence-corrected chi connectivity index (χ0v) is 9.80. The Kier molecular flexibility index (Phi) is 5.38. The van der Waals surface area contributed by atoms with Crippen molar-refractivity contribution in [2.75, 3.05) is 0 Å². The van der Waals surface area contributed by atoms with E-state index in [-0.39, 0.29) is 5.82 Å². The molecule has 0 saturated carbocycles. The molecule has 1 rings (SSSR count). The van der Waals surface area contributed by atoms with Crippen LogP contribution in [-0.2, 0) is 0 Å². The van der Waals surface area contributed by atoms with Crippen LogP contribution in [0.15, 0.2) is 24.3 Å². The highest BCUT2D eigenvalue weighted by atomic mass is 19.1. The first-order chi connectivity index (χ1) is 7.24. The Balaban J connectivity index is 2.33. The van der Waals surface area contributed by atoms with E-state index < -0.39 is 0 Å². The van der Waals surface area contributed by atoms with Crippen molar-refractivity contribution in [3.63, 3.8) is 0 Å². The highest BCUT2D eigenvalue weighted by Gasteiger charge is 2.04. The molecule has 0 N–H and O–H groups in total. The highest BCUT2D eigenvalue weighted by Crippen LogP contribution is 2.22. The zero-order valence-electron chi connectivity index (χ0n) is 9.80. The standard InChI is InChI=1S/C14H21F/c1-3-4-5-6-7-12(2)13-8-10-14(15)11-9-13/h8-12H,3-7H2,1-2H3. The number of hydrogen-bond acceptors (Lipinski definition) is 0. The summed E-state index contributed by atoms with van der Waals surface area (Å²) >= 11 is 0. The van der Waals surface area contributed by atoms with E-state index in [1.54, 1.807) is 12.1 Å². The molecule has 1 aromatic carbocycles. The predicted octanol–water partition coefficient (Wildman–Crippen LogP) is 4.90. The average Bonchev–Trinajstić information content (AvgIpc) is 2.25. The molecule has 0 aromatic heterocycles. The van der Waals surface area contributed by atoms with Crippen LogP contribution in [0.3, 0.4) is 0 Å². The molecule has 1 heteroatoms. The third-order valence-corrected chi connectivity index (χ3v) is 2.93. The first-order valence-electron chi connectivity index (χ1n) is 5.99. The van der Waals surface area contributed by atoms with Crippen LogP contribution in [0.4, 0.5) is 4.39 Å². The van der Waals surface area contributed by atoms with Crippen molar-refractivity contribution in [1.82, 2.24) is 0 Å². The second kappa shape index (κ2) is 6.60. The predicted molar refractivity (Wildman–Crippen MR) is 63.6 cm³/mol. The molecule has 1 atom stereocenters. The van der Waals surface area contributed by atoms with Crippen molar-refractivity contribution < 1.29 is 4.39 Å². The Morgan fingerprint density at radius 3 is 2.33 bits per heavy atom. The van der Waals surface area contributed by atoms with Gasteiger partial charge < -0.3 is 0 Å². The van der Waals surface area contributed by atoms with Crippen LogP contribution >= 0.6 is 0 Å². The zero-order chi connectivity index (χ0) is 11.1. The summed E-state index contributed by atoms with van der Waals surface area (Å²) in [5.41, 5.74) is 1.26. The maximum absolute atomic E-state index is 12.7. The van der Waals surface area contributed by atoms with Crippen LogP contribution in [0.1, 0.15) is 57.4 Å². The normalized spacial score (nSPS) is 12.7. The maximum atomic E-state index is 12.7. The van der Waals surface area contributed by atoms with E-state index >= 15 is 0 Å². The van der Waals surface area contributed by atoms with E-state index in [9.17, 15) is 4.39 Å². The van der Waals surface area contributed by atoms with Crippen molar-refractivity contribution in [1.29, 1.82) is 0 Å². The fourth-order valence-corrected chi connectivity index (χ4v) is 1.84. The Labute approximate surface area is 92.5 Å². The highest BCUT2D eigenvalue weighted by molar-refractivity contribution is 5.19. The Morgan fingerprint density at radius 2 is 1.73 bits per heavy atom. The molecule has 0 saturated heterocycles. The van der Waals surface area contributed by atoms with Gasteiger partial charge in [-0.3, -0.25) is 0 Å². The third-order valence-electron chi connectivity index (χ3n) is 2.93. The van der Waals surface area contributed by atoms with Gasteiger partial charge in [0.2, 0.25) is 0 Å². The summed E-state index contributed by atoms with van der Waals surface area (Å²) in [6, 6.07) is 6.91.